The molecular weight excluding hydrogens is 460 g/mol. The predicted molar refractivity (Wildman–Crippen MR) is 142 cm³/mol. The van der Waals surface area contributed by atoms with Gasteiger partial charge in [0, 0.05) is 24.6 Å². The minimum absolute atomic E-state index is 0.115. The molecule has 0 radical (unpaired) electrons. The van der Waals surface area contributed by atoms with E-state index in [4.69, 9.17) is 9.47 Å². The third-order valence-corrected chi connectivity index (χ3v) is 7.46. The molecule has 2 aromatic rings. The lowest BCUT2D eigenvalue weighted by Crippen LogP contribution is -2.55. The average Bonchev–Trinajstić information content (AvgIpc) is 3.35. The van der Waals surface area contributed by atoms with Crippen LogP contribution in [0.2, 0.25) is 0 Å². The number of hydrogen-bond donors (Lipinski definition) is 2. The zero-order chi connectivity index (χ0) is 25.3. The van der Waals surface area contributed by atoms with Crippen molar-refractivity contribution in [2.24, 2.45) is 5.92 Å². The molecule has 1 fully saturated rings. The molecule has 0 aliphatic carbocycles. The summed E-state index contributed by atoms with van der Waals surface area (Å²) in [7, 11) is 1.66. The normalized spacial score (nSPS) is 19.6. The SMILES string of the molecule is CCC1(C(=O)NC(Cc2ccccc2)C(O)CN(CC(C)C)Sc2ccc(OC)cc2)CCCO1. The lowest BCUT2D eigenvalue weighted by molar-refractivity contribution is -0.143. The van der Waals surface area contributed by atoms with Crippen LogP contribution in [0, 0.1) is 5.92 Å². The second-order valence-corrected chi connectivity index (χ2v) is 10.8. The van der Waals surface area contributed by atoms with E-state index in [1.54, 1.807) is 19.1 Å². The van der Waals surface area contributed by atoms with E-state index in [1.807, 2.05) is 61.5 Å². The molecule has 0 saturated carbocycles. The largest absolute Gasteiger partial charge is 0.497 e. The monoisotopic (exact) mass is 500 g/mol. The lowest BCUT2D eigenvalue weighted by atomic mass is 9.94. The van der Waals surface area contributed by atoms with Crippen LogP contribution < -0.4 is 10.1 Å². The Hall–Kier alpha value is -2.06. The van der Waals surface area contributed by atoms with Crippen LogP contribution in [0.15, 0.2) is 59.5 Å². The molecule has 1 heterocycles. The molecule has 0 aromatic heterocycles. The van der Waals surface area contributed by atoms with Crippen molar-refractivity contribution in [2.75, 3.05) is 26.8 Å². The first-order chi connectivity index (χ1) is 16.8. The van der Waals surface area contributed by atoms with E-state index in [-0.39, 0.29) is 5.91 Å². The van der Waals surface area contributed by atoms with Gasteiger partial charge >= 0.3 is 0 Å². The fourth-order valence-corrected chi connectivity index (χ4v) is 5.60. The Balaban J connectivity index is 1.76. The summed E-state index contributed by atoms with van der Waals surface area (Å²) >= 11 is 1.62. The van der Waals surface area contributed by atoms with Crippen LogP contribution >= 0.6 is 11.9 Å². The third-order valence-electron chi connectivity index (χ3n) is 6.42. The van der Waals surface area contributed by atoms with Crippen LogP contribution in [0.5, 0.6) is 5.75 Å². The molecule has 2 aromatic carbocycles. The minimum atomic E-state index is -0.788. The molecule has 35 heavy (non-hydrogen) atoms. The van der Waals surface area contributed by atoms with Gasteiger partial charge in [0.15, 0.2) is 0 Å². The van der Waals surface area contributed by atoms with E-state index in [1.165, 1.54) is 0 Å². The number of hydrogen-bond acceptors (Lipinski definition) is 6. The van der Waals surface area contributed by atoms with Gasteiger partial charge in [0.1, 0.15) is 11.4 Å². The van der Waals surface area contributed by atoms with Crippen molar-refractivity contribution in [3.05, 3.63) is 60.2 Å². The highest BCUT2D eigenvalue weighted by atomic mass is 32.2. The van der Waals surface area contributed by atoms with Gasteiger partial charge in [-0.15, -0.1) is 0 Å². The number of benzene rings is 2. The van der Waals surface area contributed by atoms with Crippen LogP contribution in [-0.4, -0.2) is 59.9 Å². The number of rotatable bonds is 13. The number of nitrogens with zero attached hydrogens (tertiary/aromatic N) is 1. The third kappa shape index (κ3) is 7.97. The van der Waals surface area contributed by atoms with Crippen molar-refractivity contribution in [1.82, 2.24) is 9.62 Å². The highest BCUT2D eigenvalue weighted by Gasteiger charge is 2.42. The number of carbonyl (C=O) groups is 1. The van der Waals surface area contributed by atoms with Gasteiger partial charge in [-0.3, -0.25) is 4.79 Å². The van der Waals surface area contributed by atoms with E-state index >= 15 is 0 Å². The van der Waals surface area contributed by atoms with Gasteiger partial charge in [-0.05, 0) is 73.4 Å². The maximum Gasteiger partial charge on any atom is 0.252 e. The van der Waals surface area contributed by atoms with E-state index in [0.29, 0.717) is 31.9 Å². The van der Waals surface area contributed by atoms with Crippen LogP contribution in [0.3, 0.4) is 0 Å². The van der Waals surface area contributed by atoms with Gasteiger partial charge in [0.2, 0.25) is 0 Å². The zero-order valence-corrected chi connectivity index (χ0v) is 22.2. The number of methoxy groups -OCH3 is 1. The topological polar surface area (TPSA) is 71.0 Å². The number of amides is 1. The summed E-state index contributed by atoms with van der Waals surface area (Å²) in [6.07, 6.45) is 2.03. The number of carbonyl (C=O) groups excluding carboxylic acids is 1. The maximum atomic E-state index is 13.3. The van der Waals surface area contributed by atoms with Gasteiger partial charge in [0.05, 0.1) is 19.3 Å². The summed E-state index contributed by atoms with van der Waals surface area (Å²) in [4.78, 5) is 14.4. The first-order valence-electron chi connectivity index (χ1n) is 12.6. The Morgan fingerprint density at radius 2 is 1.89 bits per heavy atom. The molecule has 3 atom stereocenters. The average molecular weight is 501 g/mol. The van der Waals surface area contributed by atoms with Crippen molar-refractivity contribution in [3.63, 3.8) is 0 Å². The van der Waals surface area contributed by atoms with E-state index in [0.717, 1.165) is 35.6 Å². The molecule has 2 N–H and O–H groups in total. The highest BCUT2D eigenvalue weighted by Crippen LogP contribution is 2.30. The number of nitrogens with one attached hydrogen (secondary N) is 1. The Labute approximate surface area is 214 Å². The second-order valence-electron chi connectivity index (χ2n) is 9.64. The van der Waals surface area contributed by atoms with Gasteiger partial charge in [-0.2, -0.15) is 0 Å². The summed E-state index contributed by atoms with van der Waals surface area (Å²) < 4.78 is 13.4. The summed E-state index contributed by atoms with van der Waals surface area (Å²) in [5.74, 6) is 1.12. The molecule has 0 bridgehead atoms. The van der Waals surface area contributed by atoms with E-state index < -0.39 is 17.7 Å². The highest BCUT2D eigenvalue weighted by molar-refractivity contribution is 7.97. The number of aliphatic hydroxyl groups excluding tert-OH is 1. The van der Waals surface area contributed by atoms with Crippen LogP contribution in [0.1, 0.15) is 45.6 Å². The van der Waals surface area contributed by atoms with Crippen molar-refractivity contribution >= 4 is 17.9 Å². The molecule has 1 aliphatic heterocycles. The van der Waals surface area contributed by atoms with E-state index in [2.05, 4.69) is 23.5 Å². The first kappa shape index (κ1) is 27.5. The summed E-state index contributed by atoms with van der Waals surface area (Å²) in [6.45, 7) is 8.16. The van der Waals surface area contributed by atoms with Gasteiger partial charge in [-0.1, -0.05) is 51.1 Å². The smallest absolute Gasteiger partial charge is 0.252 e. The molecule has 3 rings (SSSR count). The number of ether oxygens (including phenoxy) is 2. The molecule has 7 heteroatoms. The number of aliphatic hydroxyl groups is 1. The van der Waals surface area contributed by atoms with Crippen LogP contribution in [-0.2, 0) is 16.0 Å². The van der Waals surface area contributed by atoms with E-state index in [9.17, 15) is 9.90 Å². The van der Waals surface area contributed by atoms with Crippen LogP contribution in [0.4, 0.5) is 0 Å². The molecule has 0 spiro atoms. The van der Waals surface area contributed by atoms with Gasteiger partial charge < -0.3 is 19.9 Å². The Morgan fingerprint density at radius 3 is 2.46 bits per heavy atom. The molecule has 1 amide bonds. The first-order valence-corrected chi connectivity index (χ1v) is 13.4. The fraction of sp³-hybridized carbons (Fsp3) is 0.536. The van der Waals surface area contributed by atoms with Crippen molar-refractivity contribution in [1.29, 1.82) is 0 Å². The molecule has 3 unspecified atom stereocenters. The summed E-state index contributed by atoms with van der Waals surface area (Å²) in [5, 5.41) is 14.6. The van der Waals surface area contributed by atoms with Crippen LogP contribution in [0.25, 0.3) is 0 Å². The zero-order valence-electron chi connectivity index (χ0n) is 21.4. The second kappa shape index (κ2) is 13.3. The standard InChI is InChI=1S/C28H40N2O4S/c1-5-28(16-9-17-34-28)27(32)29-25(18-22-10-7-6-8-11-22)26(31)20-30(19-21(2)3)35-24-14-12-23(33-4)13-15-24/h6-8,10-15,21,25-26,31H,5,9,16-20H2,1-4H3,(H,29,32). The molecule has 1 aliphatic rings. The minimum Gasteiger partial charge on any atom is -0.497 e. The Kier molecular flexibility index (Phi) is 10.5. The van der Waals surface area contributed by atoms with Gasteiger partial charge in [0.25, 0.3) is 5.91 Å². The summed E-state index contributed by atoms with van der Waals surface area (Å²) in [6, 6.07) is 17.5. The van der Waals surface area contributed by atoms with Crippen molar-refractivity contribution in [2.45, 2.75) is 69.1 Å². The fourth-order valence-electron chi connectivity index (χ4n) is 4.44. The quantitative estimate of drug-likeness (QED) is 0.388. The Bertz CT molecular complexity index is 901. The molecule has 1 saturated heterocycles. The van der Waals surface area contributed by atoms with Crippen molar-refractivity contribution < 1.29 is 19.4 Å². The van der Waals surface area contributed by atoms with Gasteiger partial charge in [-0.25, -0.2) is 4.31 Å². The van der Waals surface area contributed by atoms with Crippen molar-refractivity contribution in [3.8, 4) is 5.75 Å². The molecule has 6 nitrogen and oxygen atoms in total. The molecule has 192 valence electrons. The predicted octanol–water partition coefficient (Wildman–Crippen LogP) is 4.71. The Morgan fingerprint density at radius 1 is 1.17 bits per heavy atom. The molecular formula is C28H40N2O4S. The summed E-state index contributed by atoms with van der Waals surface area (Å²) in [5.41, 5.74) is 0.289. The lowest BCUT2D eigenvalue weighted by Gasteiger charge is -2.33. The maximum absolute atomic E-state index is 13.3.